The van der Waals surface area contributed by atoms with E-state index < -0.39 is 0 Å². The fourth-order valence-electron chi connectivity index (χ4n) is 3.33. The van der Waals surface area contributed by atoms with Crippen molar-refractivity contribution in [3.8, 4) is 0 Å². The lowest BCUT2D eigenvalue weighted by atomic mass is 9.87. The summed E-state index contributed by atoms with van der Waals surface area (Å²) >= 11 is 0. The predicted octanol–water partition coefficient (Wildman–Crippen LogP) is 3.58. The zero-order valence-corrected chi connectivity index (χ0v) is 13.1. The monoisotopic (exact) mass is 299 g/mol. The Hall–Kier alpha value is -1.84. The first-order valence-corrected chi connectivity index (χ1v) is 8.51. The van der Waals surface area contributed by atoms with Crippen molar-refractivity contribution in [1.82, 2.24) is 15.3 Å². The van der Waals surface area contributed by atoms with Crippen LogP contribution in [0.3, 0.4) is 0 Å². The molecule has 0 atom stereocenters. The minimum absolute atomic E-state index is 0.219. The van der Waals surface area contributed by atoms with Crippen LogP contribution in [0, 0.1) is 5.92 Å². The molecule has 1 aliphatic rings. The van der Waals surface area contributed by atoms with Crippen molar-refractivity contribution in [2.24, 2.45) is 5.92 Å². The van der Waals surface area contributed by atoms with Crippen LogP contribution in [0.15, 0.2) is 24.3 Å². The highest BCUT2D eigenvalue weighted by Gasteiger charge is 2.16. The fraction of sp³-hybridized carbons (Fsp3) is 0.556. The number of fused-ring (bicyclic) bond motifs is 1. The van der Waals surface area contributed by atoms with E-state index in [1.807, 2.05) is 24.3 Å². The van der Waals surface area contributed by atoms with Gasteiger partial charge in [0.05, 0.1) is 11.0 Å². The first-order chi connectivity index (χ1) is 10.8. The molecule has 4 nitrogen and oxygen atoms in total. The van der Waals surface area contributed by atoms with E-state index in [9.17, 15) is 4.79 Å². The highest BCUT2D eigenvalue weighted by Crippen LogP contribution is 2.26. The average molecular weight is 299 g/mol. The highest BCUT2D eigenvalue weighted by molar-refractivity contribution is 5.76. The molecular weight excluding hydrogens is 274 g/mol. The number of hydrogen-bond acceptors (Lipinski definition) is 2. The molecule has 4 heteroatoms. The van der Waals surface area contributed by atoms with Crippen molar-refractivity contribution in [2.45, 2.75) is 51.4 Å². The molecule has 1 fully saturated rings. The summed E-state index contributed by atoms with van der Waals surface area (Å²) in [7, 11) is 0. The number of para-hydroxylation sites is 2. The van der Waals surface area contributed by atoms with Gasteiger partial charge in [0.2, 0.25) is 5.91 Å². The number of aromatic nitrogens is 2. The van der Waals surface area contributed by atoms with Crippen LogP contribution in [0.2, 0.25) is 0 Å². The van der Waals surface area contributed by atoms with E-state index >= 15 is 0 Å². The zero-order chi connectivity index (χ0) is 15.2. The summed E-state index contributed by atoms with van der Waals surface area (Å²) in [6.45, 7) is 0.739. The van der Waals surface area contributed by atoms with Crippen molar-refractivity contribution in [3.05, 3.63) is 30.1 Å². The molecule has 1 amide bonds. The number of benzene rings is 1. The Morgan fingerprint density at radius 3 is 2.86 bits per heavy atom. The van der Waals surface area contributed by atoms with E-state index in [4.69, 9.17) is 0 Å². The lowest BCUT2D eigenvalue weighted by molar-refractivity contribution is -0.122. The largest absolute Gasteiger partial charge is 0.356 e. The molecule has 22 heavy (non-hydrogen) atoms. The van der Waals surface area contributed by atoms with E-state index in [1.165, 1.54) is 32.1 Å². The van der Waals surface area contributed by atoms with Crippen LogP contribution >= 0.6 is 0 Å². The highest BCUT2D eigenvalue weighted by atomic mass is 16.1. The molecule has 2 aromatic rings. The summed E-state index contributed by atoms with van der Waals surface area (Å²) in [4.78, 5) is 19.8. The molecule has 1 heterocycles. The van der Waals surface area contributed by atoms with Gasteiger partial charge in [-0.25, -0.2) is 4.98 Å². The van der Waals surface area contributed by atoms with Gasteiger partial charge in [-0.2, -0.15) is 0 Å². The molecule has 0 bridgehead atoms. The maximum absolute atomic E-state index is 11.9. The Bertz CT molecular complexity index is 581. The molecule has 0 spiro atoms. The van der Waals surface area contributed by atoms with Gasteiger partial charge < -0.3 is 10.3 Å². The predicted molar refractivity (Wildman–Crippen MR) is 88.6 cm³/mol. The first kappa shape index (κ1) is 15.1. The van der Waals surface area contributed by atoms with Crippen LogP contribution in [0.4, 0.5) is 0 Å². The van der Waals surface area contributed by atoms with Crippen LogP contribution in [-0.4, -0.2) is 22.4 Å². The van der Waals surface area contributed by atoms with Crippen LogP contribution < -0.4 is 5.32 Å². The van der Waals surface area contributed by atoms with Crippen molar-refractivity contribution in [1.29, 1.82) is 0 Å². The number of aryl methyl sites for hydroxylation is 1. The number of rotatable bonds is 6. The molecular formula is C18H25N3O. The Labute approximate surface area is 131 Å². The van der Waals surface area contributed by atoms with Crippen LogP contribution in [0.5, 0.6) is 0 Å². The fourth-order valence-corrected chi connectivity index (χ4v) is 3.33. The van der Waals surface area contributed by atoms with Gasteiger partial charge >= 0.3 is 0 Å². The molecule has 118 valence electrons. The molecule has 1 aromatic heterocycles. The number of aromatic amines is 1. The second-order valence-corrected chi connectivity index (χ2v) is 6.36. The first-order valence-electron chi connectivity index (χ1n) is 8.51. The van der Waals surface area contributed by atoms with E-state index in [0.717, 1.165) is 36.2 Å². The molecule has 1 saturated carbocycles. The van der Waals surface area contributed by atoms with Gasteiger partial charge in [0.25, 0.3) is 0 Å². The van der Waals surface area contributed by atoms with Gasteiger partial charge in [-0.1, -0.05) is 31.4 Å². The van der Waals surface area contributed by atoms with E-state index in [-0.39, 0.29) is 5.91 Å². The third-order valence-corrected chi connectivity index (χ3v) is 4.55. The maximum Gasteiger partial charge on any atom is 0.220 e. The molecule has 1 aliphatic carbocycles. The summed E-state index contributed by atoms with van der Waals surface area (Å²) < 4.78 is 0. The van der Waals surface area contributed by atoms with Crippen LogP contribution in [0.1, 0.15) is 50.8 Å². The molecule has 2 N–H and O–H groups in total. The average Bonchev–Trinajstić information content (AvgIpc) is 2.95. The minimum Gasteiger partial charge on any atom is -0.356 e. The summed E-state index contributed by atoms with van der Waals surface area (Å²) in [5.41, 5.74) is 2.10. The van der Waals surface area contributed by atoms with Crippen molar-refractivity contribution >= 4 is 16.9 Å². The number of nitrogens with one attached hydrogen (secondary N) is 2. The number of hydrogen-bond donors (Lipinski definition) is 2. The van der Waals surface area contributed by atoms with Crippen molar-refractivity contribution in [2.75, 3.05) is 6.54 Å². The van der Waals surface area contributed by atoms with Gasteiger partial charge in [-0.15, -0.1) is 0 Å². The van der Waals surface area contributed by atoms with Gasteiger partial charge in [0, 0.05) is 19.4 Å². The molecule has 1 aromatic carbocycles. The molecule has 0 radical (unpaired) electrons. The lowest BCUT2D eigenvalue weighted by Gasteiger charge is -2.20. The van der Waals surface area contributed by atoms with Crippen LogP contribution in [0.25, 0.3) is 11.0 Å². The Balaban J connectivity index is 1.36. The lowest BCUT2D eigenvalue weighted by Crippen LogP contribution is -2.27. The zero-order valence-electron chi connectivity index (χ0n) is 13.1. The standard InChI is InChI=1S/C18H25N3O/c22-18(13-14-7-2-1-3-8-14)19-12-6-11-17-20-15-9-4-5-10-16(15)21-17/h4-5,9-10,14H,1-3,6-8,11-13H2,(H,19,22)(H,20,21). The quantitative estimate of drug-likeness (QED) is 0.801. The summed E-state index contributed by atoms with van der Waals surface area (Å²) in [6, 6.07) is 8.06. The molecule has 3 rings (SSSR count). The van der Waals surface area contributed by atoms with Crippen LogP contribution in [-0.2, 0) is 11.2 Å². The van der Waals surface area contributed by atoms with E-state index in [2.05, 4.69) is 15.3 Å². The Morgan fingerprint density at radius 1 is 1.23 bits per heavy atom. The number of carbonyl (C=O) groups excluding carboxylic acids is 1. The normalized spacial score (nSPS) is 16.0. The van der Waals surface area contributed by atoms with Crippen molar-refractivity contribution in [3.63, 3.8) is 0 Å². The van der Waals surface area contributed by atoms with E-state index in [0.29, 0.717) is 12.3 Å². The number of imidazole rings is 1. The SMILES string of the molecule is O=C(CC1CCCCC1)NCCCc1nc2ccccc2[nH]1. The molecule has 0 saturated heterocycles. The molecule has 0 aliphatic heterocycles. The summed E-state index contributed by atoms with van der Waals surface area (Å²) in [5.74, 6) is 1.84. The van der Waals surface area contributed by atoms with Gasteiger partial charge in [-0.05, 0) is 37.3 Å². The smallest absolute Gasteiger partial charge is 0.220 e. The van der Waals surface area contributed by atoms with E-state index in [1.54, 1.807) is 0 Å². The van der Waals surface area contributed by atoms with Gasteiger partial charge in [0.15, 0.2) is 0 Å². The molecule has 0 unspecified atom stereocenters. The van der Waals surface area contributed by atoms with Crippen molar-refractivity contribution < 1.29 is 4.79 Å². The Morgan fingerprint density at radius 2 is 2.05 bits per heavy atom. The van der Waals surface area contributed by atoms with Gasteiger partial charge in [-0.3, -0.25) is 4.79 Å². The number of H-pyrrole nitrogens is 1. The topological polar surface area (TPSA) is 57.8 Å². The maximum atomic E-state index is 11.9. The number of nitrogens with zero attached hydrogens (tertiary/aromatic N) is 1. The second-order valence-electron chi connectivity index (χ2n) is 6.36. The Kier molecular flexibility index (Phi) is 5.09. The van der Waals surface area contributed by atoms with Gasteiger partial charge in [0.1, 0.15) is 5.82 Å². The second kappa shape index (κ2) is 7.43. The summed E-state index contributed by atoms with van der Waals surface area (Å²) in [5, 5.41) is 3.05. The number of carbonyl (C=O) groups is 1. The summed E-state index contributed by atoms with van der Waals surface area (Å²) in [6.07, 6.45) is 8.90. The third-order valence-electron chi connectivity index (χ3n) is 4.55. The number of amides is 1. The minimum atomic E-state index is 0.219. The third kappa shape index (κ3) is 4.09.